The van der Waals surface area contributed by atoms with E-state index in [0.29, 0.717) is 0 Å². The first kappa shape index (κ1) is 17.1. The smallest absolute Gasteiger partial charge is 0.147 e. The third-order valence-electron chi connectivity index (χ3n) is 4.67. The zero-order chi connectivity index (χ0) is 13.5. The van der Waals surface area contributed by atoms with Gasteiger partial charge in [-0.1, -0.05) is 0 Å². The van der Waals surface area contributed by atoms with Gasteiger partial charge in [-0.2, -0.15) is 0 Å². The van der Waals surface area contributed by atoms with Gasteiger partial charge in [-0.15, -0.1) is 12.4 Å². The molecule has 0 bridgehead atoms. The molecular weight excluding hydrogens is 335 g/mol. The van der Waals surface area contributed by atoms with E-state index in [1.54, 1.807) is 0 Å². The van der Waals surface area contributed by atoms with Crippen molar-refractivity contribution in [2.24, 2.45) is 0 Å². The summed E-state index contributed by atoms with van der Waals surface area (Å²) in [6.45, 7) is 11.1. The Morgan fingerprint density at radius 2 is 1.32 bits per heavy atom. The first-order valence-electron chi connectivity index (χ1n) is 6.51. The molecule has 0 aromatic carbocycles. The minimum Gasteiger partial charge on any atom is -0.147 e. The average molecular weight is 357 g/mol. The van der Waals surface area contributed by atoms with Gasteiger partial charge >= 0.3 is 127 Å². The fraction of sp³-hybridized carbons (Fsp3) is 0.500. The van der Waals surface area contributed by atoms with Crippen molar-refractivity contribution in [3.63, 3.8) is 0 Å². The van der Waals surface area contributed by atoms with Gasteiger partial charge in [0, 0.05) is 0 Å². The summed E-state index contributed by atoms with van der Waals surface area (Å²) in [5.41, 5.74) is 8.36. The van der Waals surface area contributed by atoms with Gasteiger partial charge in [0.15, 0.2) is 0 Å². The van der Waals surface area contributed by atoms with Crippen LogP contribution in [0.5, 0.6) is 0 Å². The first-order chi connectivity index (χ1) is 8.41. The van der Waals surface area contributed by atoms with Gasteiger partial charge < -0.3 is 0 Å². The number of hydrogen-bond acceptors (Lipinski definition) is 1. The maximum Gasteiger partial charge on any atom is -0.147 e. The molecule has 2 rings (SSSR count). The summed E-state index contributed by atoms with van der Waals surface area (Å²) in [4.78, 5) is 0. The van der Waals surface area contributed by atoms with Gasteiger partial charge in [-0.05, 0) is 0 Å². The van der Waals surface area contributed by atoms with E-state index in [2.05, 4.69) is 46.8 Å². The molecule has 2 aliphatic carbocycles. The van der Waals surface area contributed by atoms with Gasteiger partial charge in [0.2, 0.25) is 0 Å². The van der Waals surface area contributed by atoms with Crippen LogP contribution in [0.1, 0.15) is 47.5 Å². The second-order valence-corrected chi connectivity index (χ2v) is 6.03. The first-order valence-corrected chi connectivity index (χ1v) is 7.51. The molecule has 0 saturated carbocycles. The summed E-state index contributed by atoms with van der Waals surface area (Å²) in [6, 6.07) is 0. The van der Waals surface area contributed by atoms with Crippen LogP contribution in [0.3, 0.4) is 0 Å². The molecule has 3 heteroatoms. The van der Waals surface area contributed by atoms with Crippen LogP contribution in [-0.4, -0.2) is 5.60 Å². The van der Waals surface area contributed by atoms with Gasteiger partial charge in [0.25, 0.3) is 0 Å². The number of rotatable bonds is 3. The van der Waals surface area contributed by atoms with Crippen molar-refractivity contribution in [1.82, 2.24) is 0 Å². The van der Waals surface area contributed by atoms with E-state index in [4.69, 9.17) is 2.81 Å². The van der Waals surface area contributed by atoms with Crippen LogP contribution >= 0.6 is 12.4 Å². The minimum absolute atomic E-state index is 0. The maximum atomic E-state index is 6.05. The van der Waals surface area contributed by atoms with Crippen molar-refractivity contribution < 1.29 is 28.0 Å². The van der Waals surface area contributed by atoms with E-state index in [0.717, 1.165) is 38.0 Å². The standard InChI is InChI=1S/C16H21O.ClH.Zr/c1-10-6-8-14(12(10)3)16(5,17)15-9-7-11(2)13(15)4;;/h6-7H,8-9H2,1-5H3;1H;/q-1;;+1. The monoisotopic (exact) mass is 355 g/mol. The van der Waals surface area contributed by atoms with Crippen molar-refractivity contribution in [3.05, 3.63) is 45.6 Å². The van der Waals surface area contributed by atoms with E-state index in [9.17, 15) is 0 Å². The second-order valence-electron chi connectivity index (χ2n) is 5.52. The average Bonchev–Trinajstić information content (AvgIpc) is 2.85. The van der Waals surface area contributed by atoms with Crippen molar-refractivity contribution in [2.45, 2.75) is 53.1 Å². The molecule has 0 fully saturated rings. The van der Waals surface area contributed by atoms with Crippen LogP contribution in [0.25, 0.3) is 0 Å². The van der Waals surface area contributed by atoms with Crippen LogP contribution in [0.2, 0.25) is 0 Å². The Labute approximate surface area is 138 Å². The summed E-state index contributed by atoms with van der Waals surface area (Å²) in [5.74, 6) is 0. The molecule has 0 aromatic heterocycles. The van der Waals surface area contributed by atoms with Crippen molar-refractivity contribution in [3.8, 4) is 0 Å². The minimum atomic E-state index is -0.199. The molecule has 0 aromatic rings. The molecule has 2 aliphatic rings. The molecule has 0 N–H and O–H groups in total. The molecule has 0 radical (unpaired) electrons. The third-order valence-corrected chi connectivity index (χ3v) is 5.67. The Morgan fingerprint density at radius 1 is 0.947 bits per heavy atom. The summed E-state index contributed by atoms with van der Waals surface area (Å²) in [5, 5.41) is 0. The van der Waals surface area contributed by atoms with Crippen LogP contribution in [0, 0.1) is 0 Å². The van der Waals surface area contributed by atoms with Gasteiger partial charge in [0.1, 0.15) is 0 Å². The fourth-order valence-electron chi connectivity index (χ4n) is 3.01. The van der Waals surface area contributed by atoms with Crippen LogP contribution in [0.15, 0.2) is 45.6 Å². The zero-order valence-electron chi connectivity index (χ0n) is 12.4. The molecule has 103 valence electrons. The van der Waals surface area contributed by atoms with Crippen LogP contribution in [-0.2, 0) is 28.0 Å². The molecule has 0 saturated heterocycles. The summed E-state index contributed by atoms with van der Waals surface area (Å²) in [6.07, 6.45) is 6.73. The van der Waals surface area contributed by atoms with E-state index >= 15 is 0 Å². The quantitative estimate of drug-likeness (QED) is 0.693. The summed E-state index contributed by atoms with van der Waals surface area (Å²) >= 11 is 1.15. The number of hydrogen-bond donors (Lipinski definition) is 0. The molecule has 19 heavy (non-hydrogen) atoms. The van der Waals surface area contributed by atoms with E-state index in [1.807, 2.05) is 0 Å². The molecule has 0 spiro atoms. The Morgan fingerprint density at radius 3 is 1.53 bits per heavy atom. The second kappa shape index (κ2) is 6.25. The Balaban J connectivity index is 0.00000180. The van der Waals surface area contributed by atoms with Crippen molar-refractivity contribution in [2.75, 3.05) is 0 Å². The van der Waals surface area contributed by atoms with E-state index in [-0.39, 0.29) is 18.0 Å². The SMILES string of the molecule is CC1=CCC(C(C)([O][Zr])C2=C(C)C(C)=CC2)=C1C.Cl. The summed E-state index contributed by atoms with van der Waals surface area (Å²) < 4.78 is 6.05. The topological polar surface area (TPSA) is 9.23 Å². The number of halogens is 1. The molecule has 0 unspecified atom stereocenters. The number of allylic oxidation sites excluding steroid dienone is 6. The van der Waals surface area contributed by atoms with Gasteiger partial charge in [-0.3, -0.25) is 0 Å². The predicted molar refractivity (Wildman–Crippen MR) is 78.9 cm³/mol. The Hall–Kier alpha value is 0.0931. The molecule has 0 heterocycles. The molecular formula is C16H22ClOZr. The Kier molecular flexibility index (Phi) is 5.64. The largest absolute Gasteiger partial charge is 0.147 e. The van der Waals surface area contributed by atoms with Crippen LogP contribution < -0.4 is 0 Å². The normalized spacial score (nSPS) is 19.6. The third kappa shape index (κ3) is 2.77. The molecule has 0 amide bonds. The molecule has 1 nitrogen and oxygen atoms in total. The molecule has 0 atom stereocenters. The summed E-state index contributed by atoms with van der Waals surface area (Å²) in [7, 11) is 0. The fourth-order valence-corrected chi connectivity index (χ4v) is 3.61. The van der Waals surface area contributed by atoms with Crippen molar-refractivity contribution in [1.29, 1.82) is 0 Å². The van der Waals surface area contributed by atoms with E-state index in [1.165, 1.54) is 33.4 Å². The van der Waals surface area contributed by atoms with Crippen molar-refractivity contribution >= 4 is 12.4 Å². The van der Waals surface area contributed by atoms with Gasteiger partial charge in [0.05, 0.1) is 0 Å². The zero-order valence-corrected chi connectivity index (χ0v) is 15.7. The molecule has 0 aliphatic heterocycles. The van der Waals surface area contributed by atoms with Gasteiger partial charge in [-0.25, -0.2) is 0 Å². The Bertz CT molecular complexity index is 467. The maximum absolute atomic E-state index is 6.05. The predicted octanol–water partition coefficient (Wildman–Crippen LogP) is 4.98. The van der Waals surface area contributed by atoms with E-state index < -0.39 is 0 Å². The van der Waals surface area contributed by atoms with Crippen LogP contribution in [0.4, 0.5) is 0 Å².